The average molecular weight is 278 g/mol. The van der Waals surface area contributed by atoms with Crippen molar-refractivity contribution in [2.45, 2.75) is 20.0 Å². The van der Waals surface area contributed by atoms with Crippen LogP contribution in [0.25, 0.3) is 0 Å². The molecule has 0 unspecified atom stereocenters. The van der Waals surface area contributed by atoms with E-state index in [2.05, 4.69) is 10.2 Å². The summed E-state index contributed by atoms with van der Waals surface area (Å²) >= 11 is 5.03. The van der Waals surface area contributed by atoms with Crippen LogP contribution in [0.5, 0.6) is 11.8 Å². The Morgan fingerprint density at radius 1 is 1.12 bits per heavy atom. The molecule has 0 saturated heterocycles. The van der Waals surface area contributed by atoms with Gasteiger partial charge < -0.3 is 18.3 Å². The van der Waals surface area contributed by atoms with E-state index in [1.807, 2.05) is 13.8 Å². The van der Waals surface area contributed by atoms with E-state index in [-0.39, 0.29) is 12.0 Å². The molecule has 0 spiro atoms. The minimum Gasteiger partial charge on any atom is -0.474 e. The van der Waals surface area contributed by atoms with Gasteiger partial charge in [0.1, 0.15) is 0 Å². The van der Waals surface area contributed by atoms with Crippen LogP contribution in [0.1, 0.15) is 13.8 Å². The summed E-state index contributed by atoms with van der Waals surface area (Å²) in [7, 11) is 2.85. The minimum absolute atomic E-state index is 0.0413. The molecule has 0 amide bonds. The molecule has 8 heteroatoms. The van der Waals surface area contributed by atoms with Crippen LogP contribution in [0.15, 0.2) is 12.1 Å². The first-order chi connectivity index (χ1) is 7.99. The maximum absolute atomic E-state index is 5.34. The molecule has 1 aromatic rings. The van der Waals surface area contributed by atoms with Crippen molar-refractivity contribution >= 4 is 18.5 Å². The standard InChI is InChI=1S/C9H15N2O4PS/c1-7(2)14-8-5-6-9(11-10-8)15-16(17,12-3)13-4/h5-7H,1-4H3. The summed E-state index contributed by atoms with van der Waals surface area (Å²) in [6, 6.07) is 3.25. The first kappa shape index (κ1) is 14.3. The lowest BCUT2D eigenvalue weighted by Gasteiger charge is -2.17. The highest BCUT2D eigenvalue weighted by Crippen LogP contribution is 2.47. The lowest BCUT2D eigenvalue weighted by Crippen LogP contribution is -2.07. The third-order valence-electron chi connectivity index (χ3n) is 1.62. The van der Waals surface area contributed by atoms with Crippen LogP contribution in [0.4, 0.5) is 0 Å². The molecule has 0 aromatic carbocycles. The van der Waals surface area contributed by atoms with Crippen molar-refractivity contribution in [3.8, 4) is 11.8 Å². The number of ether oxygens (including phenoxy) is 1. The second-order valence-corrected chi connectivity index (χ2v) is 6.43. The monoisotopic (exact) mass is 278 g/mol. The molecule has 0 N–H and O–H groups in total. The highest BCUT2D eigenvalue weighted by Gasteiger charge is 2.19. The molecule has 0 atom stereocenters. The molecule has 1 rings (SSSR count). The van der Waals surface area contributed by atoms with Gasteiger partial charge in [-0.25, -0.2) is 0 Å². The number of nitrogens with zero attached hydrogens (tertiary/aromatic N) is 2. The Kier molecular flexibility index (Phi) is 5.27. The molecule has 0 aliphatic carbocycles. The first-order valence-corrected chi connectivity index (χ1v) is 7.46. The smallest absolute Gasteiger partial charge is 0.381 e. The average Bonchev–Trinajstić information content (AvgIpc) is 2.31. The Balaban J connectivity index is 2.71. The molecule has 17 heavy (non-hydrogen) atoms. The molecule has 0 radical (unpaired) electrons. The van der Waals surface area contributed by atoms with E-state index in [9.17, 15) is 0 Å². The van der Waals surface area contributed by atoms with Gasteiger partial charge >= 0.3 is 6.72 Å². The zero-order valence-corrected chi connectivity index (χ0v) is 11.8. The highest BCUT2D eigenvalue weighted by molar-refractivity contribution is 8.07. The van der Waals surface area contributed by atoms with Gasteiger partial charge in [-0.15, -0.1) is 10.2 Å². The maximum atomic E-state index is 5.34. The predicted octanol–water partition coefficient (Wildman–Crippen LogP) is 2.16. The van der Waals surface area contributed by atoms with Gasteiger partial charge in [0.2, 0.25) is 11.8 Å². The Morgan fingerprint density at radius 2 is 1.65 bits per heavy atom. The van der Waals surface area contributed by atoms with Crippen LogP contribution in [0, 0.1) is 0 Å². The molecule has 6 nitrogen and oxygen atoms in total. The molecule has 0 fully saturated rings. The van der Waals surface area contributed by atoms with Crippen LogP contribution in [-0.4, -0.2) is 30.5 Å². The molecule has 0 aliphatic heterocycles. The quantitative estimate of drug-likeness (QED) is 0.739. The van der Waals surface area contributed by atoms with Gasteiger partial charge in [-0.3, -0.25) is 0 Å². The Labute approximate surface area is 105 Å². The Hall–Kier alpha value is -0.750. The minimum atomic E-state index is -2.76. The molecule has 1 heterocycles. The van der Waals surface area contributed by atoms with E-state index in [0.717, 1.165) is 0 Å². The summed E-state index contributed by atoms with van der Waals surface area (Å²) in [4.78, 5) is 0. The summed E-state index contributed by atoms with van der Waals surface area (Å²) in [6.45, 7) is 1.05. The van der Waals surface area contributed by atoms with Crippen LogP contribution in [-0.2, 0) is 20.9 Å². The summed E-state index contributed by atoms with van der Waals surface area (Å²) in [6.07, 6.45) is 0.0413. The predicted molar refractivity (Wildman–Crippen MR) is 66.7 cm³/mol. The van der Waals surface area contributed by atoms with E-state index in [1.165, 1.54) is 14.2 Å². The van der Waals surface area contributed by atoms with Crippen LogP contribution >= 0.6 is 6.72 Å². The molecule has 0 bridgehead atoms. The van der Waals surface area contributed by atoms with Crippen molar-refractivity contribution in [1.82, 2.24) is 10.2 Å². The van der Waals surface area contributed by atoms with Crippen LogP contribution in [0.2, 0.25) is 0 Å². The van der Waals surface area contributed by atoms with Crippen molar-refractivity contribution in [3.05, 3.63) is 12.1 Å². The lowest BCUT2D eigenvalue weighted by atomic mass is 10.5. The molecule has 0 saturated carbocycles. The van der Waals surface area contributed by atoms with Crippen LogP contribution in [0.3, 0.4) is 0 Å². The van der Waals surface area contributed by atoms with E-state index < -0.39 is 6.72 Å². The third-order valence-corrected chi connectivity index (χ3v) is 4.05. The molecular weight excluding hydrogens is 263 g/mol. The Morgan fingerprint density at radius 3 is 2.06 bits per heavy atom. The van der Waals surface area contributed by atoms with Crippen molar-refractivity contribution in [2.75, 3.05) is 14.2 Å². The van der Waals surface area contributed by atoms with Crippen LogP contribution < -0.4 is 9.26 Å². The number of hydrogen-bond acceptors (Lipinski definition) is 7. The number of hydrogen-bond donors (Lipinski definition) is 0. The zero-order chi connectivity index (χ0) is 12.9. The summed E-state index contributed by atoms with van der Waals surface area (Å²) in [5.74, 6) is 0.670. The second kappa shape index (κ2) is 6.26. The van der Waals surface area contributed by atoms with Gasteiger partial charge in [0.15, 0.2) is 0 Å². The highest BCUT2D eigenvalue weighted by atomic mass is 32.5. The van der Waals surface area contributed by atoms with Gasteiger partial charge in [0.25, 0.3) is 0 Å². The fourth-order valence-corrected chi connectivity index (χ4v) is 1.78. The number of rotatable bonds is 6. The van der Waals surface area contributed by atoms with Gasteiger partial charge in [-0.05, 0) is 13.8 Å². The maximum Gasteiger partial charge on any atom is 0.381 e. The van der Waals surface area contributed by atoms with Crippen molar-refractivity contribution < 1.29 is 18.3 Å². The van der Waals surface area contributed by atoms with E-state index in [4.69, 9.17) is 30.1 Å². The van der Waals surface area contributed by atoms with Gasteiger partial charge in [-0.2, -0.15) is 0 Å². The van der Waals surface area contributed by atoms with Crippen molar-refractivity contribution in [2.24, 2.45) is 0 Å². The summed E-state index contributed by atoms with van der Waals surface area (Å²) in [5.41, 5.74) is 0. The van der Waals surface area contributed by atoms with Crippen molar-refractivity contribution in [1.29, 1.82) is 0 Å². The lowest BCUT2D eigenvalue weighted by molar-refractivity contribution is 0.228. The van der Waals surface area contributed by atoms with E-state index >= 15 is 0 Å². The first-order valence-electron chi connectivity index (χ1n) is 4.90. The fraction of sp³-hybridized carbons (Fsp3) is 0.556. The van der Waals surface area contributed by atoms with Gasteiger partial charge in [-0.1, -0.05) is 0 Å². The largest absolute Gasteiger partial charge is 0.474 e. The fourth-order valence-electron chi connectivity index (χ4n) is 0.924. The second-order valence-electron chi connectivity index (χ2n) is 3.28. The van der Waals surface area contributed by atoms with Gasteiger partial charge in [0.05, 0.1) is 6.10 Å². The molecule has 1 aromatic heterocycles. The zero-order valence-electron chi connectivity index (χ0n) is 10.1. The third kappa shape index (κ3) is 4.55. The van der Waals surface area contributed by atoms with Crippen molar-refractivity contribution in [3.63, 3.8) is 0 Å². The summed E-state index contributed by atoms with van der Waals surface area (Å²) < 4.78 is 20.6. The van der Waals surface area contributed by atoms with Gasteiger partial charge in [0, 0.05) is 38.2 Å². The van der Waals surface area contributed by atoms with E-state index in [1.54, 1.807) is 12.1 Å². The molecular formula is C9H15N2O4PS. The number of aromatic nitrogens is 2. The molecule has 96 valence electrons. The Bertz CT molecular complexity index is 390. The normalized spacial score (nSPS) is 11.6. The molecule has 0 aliphatic rings. The van der Waals surface area contributed by atoms with E-state index in [0.29, 0.717) is 5.88 Å². The summed E-state index contributed by atoms with van der Waals surface area (Å²) in [5, 5.41) is 7.65. The SMILES string of the molecule is COP(=S)(OC)Oc1ccc(OC(C)C)nn1. The topological polar surface area (TPSA) is 62.7 Å².